The molecular formula is C15H27N3O9S2Zn+2. The fraction of sp³-hybridized carbons (Fsp3) is 0.733. The first-order chi connectivity index (χ1) is 13.2. The van der Waals surface area contributed by atoms with E-state index < -0.39 is 75.3 Å². The van der Waals surface area contributed by atoms with Gasteiger partial charge in [0.2, 0.25) is 11.8 Å². The van der Waals surface area contributed by atoms with Gasteiger partial charge in [0, 0.05) is 6.04 Å². The van der Waals surface area contributed by atoms with Gasteiger partial charge in [-0.25, -0.2) is 4.79 Å². The maximum Gasteiger partial charge on any atom is 2.00 e. The molecule has 168 valence electrons. The van der Waals surface area contributed by atoms with Crippen molar-refractivity contribution in [3.63, 3.8) is 0 Å². The third-order valence-corrected chi connectivity index (χ3v) is 5.54. The van der Waals surface area contributed by atoms with Crippen molar-refractivity contribution in [2.45, 2.75) is 56.5 Å². The molecule has 0 saturated heterocycles. The van der Waals surface area contributed by atoms with Gasteiger partial charge < -0.3 is 26.6 Å². The number of aliphatic carboxylic acids is 2. The van der Waals surface area contributed by atoms with Crippen LogP contribution in [-0.2, 0) is 48.8 Å². The topological polar surface area (TPSA) is 213 Å². The predicted molar refractivity (Wildman–Crippen MR) is 105 cm³/mol. The maximum atomic E-state index is 12.5. The molecule has 7 N–H and O–H groups in total. The van der Waals surface area contributed by atoms with E-state index in [9.17, 15) is 27.6 Å². The Hall–Kier alpha value is -1.28. The number of amides is 2. The second-order valence-corrected chi connectivity index (χ2v) is 8.68. The molecule has 0 fully saturated rings. The van der Waals surface area contributed by atoms with Gasteiger partial charge in [-0.05, 0) is 12.3 Å². The van der Waals surface area contributed by atoms with Crippen molar-refractivity contribution in [1.82, 2.24) is 10.6 Å². The first-order valence-corrected chi connectivity index (χ1v) is 10.8. The third kappa shape index (κ3) is 11.8. The molecule has 0 aromatic heterocycles. The normalized spacial score (nSPS) is 16.2. The SMILES string of the molecule is CC[C@H](C)[C@H](NC(=O)C(S)C(N)CCS(=O)(=O)O)C(=O)N[C@@H](CC(=O)O)C(=O)O.[Zn+2]. The van der Waals surface area contributed by atoms with Crippen molar-refractivity contribution in [1.29, 1.82) is 0 Å². The van der Waals surface area contributed by atoms with Crippen LogP contribution in [0.25, 0.3) is 0 Å². The zero-order valence-electron chi connectivity index (χ0n) is 16.6. The number of hydrogen-bond acceptors (Lipinski definition) is 8. The summed E-state index contributed by atoms with van der Waals surface area (Å²) < 4.78 is 30.3. The van der Waals surface area contributed by atoms with Crippen molar-refractivity contribution in [2.75, 3.05) is 5.75 Å². The summed E-state index contributed by atoms with van der Waals surface area (Å²) in [4.78, 5) is 46.7. The van der Waals surface area contributed by atoms with Gasteiger partial charge in [0.15, 0.2) is 0 Å². The maximum absolute atomic E-state index is 12.5. The van der Waals surface area contributed by atoms with E-state index in [0.29, 0.717) is 6.42 Å². The molecule has 0 aliphatic rings. The van der Waals surface area contributed by atoms with Gasteiger partial charge in [0.1, 0.15) is 12.1 Å². The Labute approximate surface area is 192 Å². The molecule has 0 aliphatic carbocycles. The summed E-state index contributed by atoms with van der Waals surface area (Å²) in [7, 11) is -4.28. The van der Waals surface area contributed by atoms with Gasteiger partial charge in [0.05, 0.1) is 17.4 Å². The summed E-state index contributed by atoms with van der Waals surface area (Å²) in [6, 6.07) is -3.95. The molecule has 2 amide bonds. The quantitative estimate of drug-likeness (QED) is 0.0840. The van der Waals surface area contributed by atoms with Crippen LogP contribution in [0, 0.1) is 5.92 Å². The fourth-order valence-corrected chi connectivity index (χ4v) is 3.01. The van der Waals surface area contributed by atoms with Gasteiger partial charge >= 0.3 is 31.4 Å². The second-order valence-electron chi connectivity index (χ2n) is 6.55. The van der Waals surface area contributed by atoms with Crippen LogP contribution in [0.4, 0.5) is 0 Å². The van der Waals surface area contributed by atoms with Gasteiger partial charge in [-0.15, -0.1) is 0 Å². The Kier molecular flexibility index (Phi) is 14.3. The zero-order valence-corrected chi connectivity index (χ0v) is 21.3. The molecule has 0 bridgehead atoms. The predicted octanol–water partition coefficient (Wildman–Crippen LogP) is -1.54. The van der Waals surface area contributed by atoms with E-state index in [1.165, 1.54) is 0 Å². The van der Waals surface area contributed by atoms with E-state index in [4.69, 9.17) is 20.5 Å². The molecule has 30 heavy (non-hydrogen) atoms. The van der Waals surface area contributed by atoms with Gasteiger partial charge in [-0.2, -0.15) is 21.0 Å². The van der Waals surface area contributed by atoms with E-state index in [0.717, 1.165) is 0 Å². The molecule has 0 saturated carbocycles. The number of nitrogens with two attached hydrogens (primary N) is 1. The van der Waals surface area contributed by atoms with Crippen LogP contribution in [0.1, 0.15) is 33.1 Å². The first kappa shape index (κ1) is 30.9. The monoisotopic (exact) mass is 521 g/mol. The van der Waals surface area contributed by atoms with Crippen molar-refractivity contribution in [3.05, 3.63) is 0 Å². The van der Waals surface area contributed by atoms with Crippen LogP contribution in [0.15, 0.2) is 0 Å². The summed E-state index contributed by atoms with van der Waals surface area (Å²) in [5.41, 5.74) is 5.70. The van der Waals surface area contributed by atoms with Gasteiger partial charge in [-0.3, -0.25) is 18.9 Å². The third-order valence-electron chi connectivity index (χ3n) is 4.17. The van der Waals surface area contributed by atoms with E-state index in [1.54, 1.807) is 13.8 Å². The van der Waals surface area contributed by atoms with Crippen LogP contribution in [0.2, 0.25) is 0 Å². The number of thiol groups is 1. The number of carboxylic acid groups (broad SMARTS) is 2. The van der Waals surface area contributed by atoms with Crippen molar-refractivity contribution >= 4 is 46.5 Å². The van der Waals surface area contributed by atoms with E-state index in [-0.39, 0.29) is 25.9 Å². The molecule has 5 atom stereocenters. The Bertz CT molecular complexity index is 720. The Balaban J connectivity index is 0. The summed E-state index contributed by atoms with van der Waals surface area (Å²) in [6.07, 6.45) is -0.695. The van der Waals surface area contributed by atoms with Gasteiger partial charge in [0.25, 0.3) is 10.1 Å². The Morgan fingerprint density at radius 2 is 1.63 bits per heavy atom. The minimum Gasteiger partial charge on any atom is -0.481 e. The van der Waals surface area contributed by atoms with Crippen molar-refractivity contribution in [2.24, 2.45) is 11.7 Å². The smallest absolute Gasteiger partial charge is 0.481 e. The van der Waals surface area contributed by atoms with Crippen molar-refractivity contribution < 1.29 is 61.8 Å². The van der Waals surface area contributed by atoms with E-state index in [2.05, 4.69) is 23.3 Å². The molecule has 0 aromatic carbocycles. The molecular weight excluding hydrogens is 496 g/mol. The van der Waals surface area contributed by atoms with Crippen LogP contribution in [0.3, 0.4) is 0 Å². The molecule has 0 aliphatic heterocycles. The first-order valence-electron chi connectivity index (χ1n) is 8.63. The zero-order chi connectivity index (χ0) is 22.9. The van der Waals surface area contributed by atoms with Crippen LogP contribution in [-0.4, -0.2) is 76.1 Å². The van der Waals surface area contributed by atoms with E-state index in [1.807, 2.05) is 0 Å². The summed E-state index contributed by atoms with van der Waals surface area (Å²) in [5, 5.41) is 21.1. The summed E-state index contributed by atoms with van der Waals surface area (Å²) in [6.45, 7) is 3.34. The molecule has 0 heterocycles. The Morgan fingerprint density at radius 3 is 2.03 bits per heavy atom. The molecule has 2 unspecified atom stereocenters. The van der Waals surface area contributed by atoms with Crippen LogP contribution < -0.4 is 16.4 Å². The number of hydrogen-bond donors (Lipinski definition) is 7. The number of carbonyl (C=O) groups excluding carboxylic acids is 2. The number of nitrogens with one attached hydrogen (secondary N) is 2. The Morgan fingerprint density at radius 1 is 1.10 bits per heavy atom. The largest absolute Gasteiger partial charge is 2.00 e. The molecule has 0 rings (SSSR count). The number of rotatable bonds is 13. The molecule has 0 aromatic rings. The van der Waals surface area contributed by atoms with Gasteiger partial charge in [-0.1, -0.05) is 20.3 Å². The minimum atomic E-state index is -4.28. The van der Waals surface area contributed by atoms with Crippen molar-refractivity contribution in [3.8, 4) is 0 Å². The number of carbonyl (C=O) groups is 4. The molecule has 12 nitrogen and oxygen atoms in total. The molecule has 0 radical (unpaired) electrons. The minimum absolute atomic E-state index is 0. The summed E-state index contributed by atoms with van der Waals surface area (Å²) >= 11 is 4.02. The van der Waals surface area contributed by atoms with E-state index >= 15 is 0 Å². The average molecular weight is 523 g/mol. The number of carboxylic acids is 2. The molecule has 0 spiro atoms. The fourth-order valence-electron chi connectivity index (χ4n) is 2.21. The average Bonchev–Trinajstić information content (AvgIpc) is 2.60. The molecule has 15 heteroatoms. The standard InChI is InChI=1S/C15H27N3O9S2.Zn/c1-3-7(2)11(13(21)17-9(15(23)24)6-10(19)20)18-14(22)12(28)8(16)4-5-29(25,26)27;/h7-9,11-12,28H,3-6,16H2,1-2H3,(H,17,21)(H,18,22)(H,19,20)(H,23,24)(H,25,26,27);/q;+2/t7-,8?,9-,11-,12?;/m0./s1. The van der Waals surface area contributed by atoms with Crippen LogP contribution in [0.5, 0.6) is 0 Å². The second kappa shape index (κ2) is 13.9. The van der Waals surface area contributed by atoms with Crippen LogP contribution >= 0.6 is 12.6 Å². The summed E-state index contributed by atoms with van der Waals surface area (Å²) in [5.74, 6) is -5.80.